The van der Waals surface area contributed by atoms with Gasteiger partial charge in [-0.3, -0.25) is 9.52 Å². The summed E-state index contributed by atoms with van der Waals surface area (Å²) in [5, 5.41) is 0. The van der Waals surface area contributed by atoms with Gasteiger partial charge in [-0.1, -0.05) is 0 Å². The number of hydrogen-bond acceptors (Lipinski definition) is 3. The Balaban J connectivity index is 2.11. The first-order valence-corrected chi connectivity index (χ1v) is 7.13. The number of sulfonamides is 1. The van der Waals surface area contributed by atoms with E-state index < -0.39 is 39.4 Å². The highest BCUT2D eigenvalue weighted by Crippen LogP contribution is 2.48. The summed E-state index contributed by atoms with van der Waals surface area (Å²) in [6.07, 6.45) is 1.19. The number of rotatable bonds is 3. The van der Waals surface area contributed by atoms with Crippen LogP contribution in [-0.4, -0.2) is 20.6 Å². The van der Waals surface area contributed by atoms with Gasteiger partial charge in [0, 0.05) is 5.92 Å². The molecule has 1 fully saturated rings. The topological polar surface area (TPSA) is 63.2 Å². The number of nitrogens with one attached hydrogen (secondary N) is 1. The lowest BCUT2D eigenvalue weighted by Gasteiger charge is -2.03. The normalized spacial score (nSPS) is 22.6. The first kappa shape index (κ1) is 12.9. The predicted octanol–water partition coefficient (Wildman–Crippen LogP) is 1.14. The van der Waals surface area contributed by atoms with Gasteiger partial charge in [-0.2, -0.15) is 0 Å². The molecule has 1 aliphatic rings. The molecular formula is C11H11F2NO3S. The highest BCUT2D eigenvalue weighted by atomic mass is 32.2. The summed E-state index contributed by atoms with van der Waals surface area (Å²) in [5.74, 6) is -2.92. The van der Waals surface area contributed by atoms with Crippen LogP contribution in [0.4, 0.5) is 8.78 Å². The van der Waals surface area contributed by atoms with Gasteiger partial charge < -0.3 is 0 Å². The van der Waals surface area contributed by atoms with E-state index in [-0.39, 0.29) is 5.56 Å². The molecule has 2 rings (SSSR count). The van der Waals surface area contributed by atoms with Gasteiger partial charge in [0.05, 0.1) is 6.26 Å². The number of benzene rings is 1. The minimum absolute atomic E-state index is 0.114. The van der Waals surface area contributed by atoms with Crippen LogP contribution in [0.1, 0.15) is 17.9 Å². The smallest absolute Gasteiger partial charge is 0.237 e. The molecule has 0 radical (unpaired) electrons. The van der Waals surface area contributed by atoms with Crippen LogP contribution in [0.25, 0.3) is 0 Å². The Labute approximate surface area is 103 Å². The van der Waals surface area contributed by atoms with Crippen LogP contribution in [-0.2, 0) is 14.8 Å². The zero-order valence-corrected chi connectivity index (χ0v) is 10.3. The van der Waals surface area contributed by atoms with Crippen molar-refractivity contribution in [3.05, 3.63) is 35.4 Å². The van der Waals surface area contributed by atoms with E-state index in [9.17, 15) is 22.0 Å². The van der Waals surface area contributed by atoms with E-state index in [4.69, 9.17) is 0 Å². The molecule has 0 bridgehead atoms. The molecule has 4 nitrogen and oxygen atoms in total. The van der Waals surface area contributed by atoms with Crippen LogP contribution in [0.5, 0.6) is 0 Å². The third-order valence-electron chi connectivity index (χ3n) is 2.77. The van der Waals surface area contributed by atoms with Crippen molar-refractivity contribution < 1.29 is 22.0 Å². The summed E-state index contributed by atoms with van der Waals surface area (Å²) in [6, 6.07) is 3.02. The number of halogens is 2. The Kier molecular flexibility index (Phi) is 3.10. The second-order valence-corrected chi connectivity index (χ2v) is 6.10. The van der Waals surface area contributed by atoms with E-state index >= 15 is 0 Å². The summed E-state index contributed by atoms with van der Waals surface area (Å²) in [4.78, 5) is 11.5. The molecule has 1 saturated carbocycles. The summed E-state index contributed by atoms with van der Waals surface area (Å²) in [6.45, 7) is 0. The van der Waals surface area contributed by atoms with Crippen molar-refractivity contribution in [1.82, 2.24) is 4.72 Å². The van der Waals surface area contributed by atoms with Crippen LogP contribution < -0.4 is 4.72 Å². The largest absolute Gasteiger partial charge is 0.274 e. The van der Waals surface area contributed by atoms with Crippen molar-refractivity contribution >= 4 is 15.9 Å². The fraction of sp³-hybridized carbons (Fsp3) is 0.364. The zero-order valence-electron chi connectivity index (χ0n) is 9.48. The lowest BCUT2D eigenvalue weighted by Crippen LogP contribution is -2.30. The van der Waals surface area contributed by atoms with Gasteiger partial charge in [-0.15, -0.1) is 0 Å². The summed E-state index contributed by atoms with van der Waals surface area (Å²) in [7, 11) is -3.62. The lowest BCUT2D eigenvalue weighted by atomic mass is 10.1. The molecular weight excluding hydrogens is 264 g/mol. The van der Waals surface area contributed by atoms with Crippen molar-refractivity contribution in [3.63, 3.8) is 0 Å². The standard InChI is InChI=1S/C11H11F2NO3S/c1-18(16,17)14-11(15)9-5-7(9)8-4-6(12)2-3-10(8)13/h2-4,7,9H,5H2,1H3,(H,14,15)/t7-,9-/m0/s1. The molecule has 1 aromatic rings. The van der Waals surface area contributed by atoms with Gasteiger partial charge in [0.15, 0.2) is 0 Å². The van der Waals surface area contributed by atoms with Crippen LogP contribution in [0.3, 0.4) is 0 Å². The summed E-state index contributed by atoms with van der Waals surface area (Å²) in [5.41, 5.74) is 0.114. The molecule has 1 amide bonds. The maximum absolute atomic E-state index is 13.4. The molecule has 7 heteroatoms. The van der Waals surface area contributed by atoms with Gasteiger partial charge in [-0.25, -0.2) is 17.2 Å². The molecule has 0 unspecified atom stereocenters. The Bertz CT molecular complexity index is 600. The molecule has 0 aliphatic heterocycles. The van der Waals surface area contributed by atoms with E-state index in [0.29, 0.717) is 6.42 Å². The number of amides is 1. The fourth-order valence-electron chi connectivity index (χ4n) is 1.89. The summed E-state index contributed by atoms with van der Waals surface area (Å²) < 4.78 is 50.0. The quantitative estimate of drug-likeness (QED) is 0.900. The average Bonchev–Trinajstić information content (AvgIpc) is 2.99. The highest BCUT2D eigenvalue weighted by molar-refractivity contribution is 7.89. The van der Waals surface area contributed by atoms with E-state index in [1.54, 1.807) is 0 Å². The number of hydrogen-bond donors (Lipinski definition) is 1. The Hall–Kier alpha value is -1.50. The minimum Gasteiger partial charge on any atom is -0.274 e. The van der Waals surface area contributed by atoms with Crippen molar-refractivity contribution in [3.8, 4) is 0 Å². The first-order valence-electron chi connectivity index (χ1n) is 5.24. The molecule has 1 aromatic carbocycles. The number of carbonyl (C=O) groups is 1. The molecule has 18 heavy (non-hydrogen) atoms. The van der Waals surface area contributed by atoms with Gasteiger partial charge >= 0.3 is 0 Å². The van der Waals surface area contributed by atoms with Crippen molar-refractivity contribution in [2.24, 2.45) is 5.92 Å². The fourth-order valence-corrected chi connectivity index (χ4v) is 2.40. The minimum atomic E-state index is -3.62. The van der Waals surface area contributed by atoms with Crippen molar-refractivity contribution in [2.75, 3.05) is 6.26 Å². The summed E-state index contributed by atoms with van der Waals surface area (Å²) >= 11 is 0. The van der Waals surface area contributed by atoms with Gasteiger partial charge in [0.25, 0.3) is 0 Å². The van der Waals surface area contributed by atoms with E-state index in [2.05, 4.69) is 0 Å². The molecule has 0 saturated heterocycles. The Morgan fingerprint density at radius 1 is 1.39 bits per heavy atom. The Morgan fingerprint density at radius 2 is 2.06 bits per heavy atom. The van der Waals surface area contributed by atoms with Crippen molar-refractivity contribution in [2.45, 2.75) is 12.3 Å². The molecule has 0 heterocycles. The van der Waals surface area contributed by atoms with Crippen LogP contribution in [0.15, 0.2) is 18.2 Å². The second-order valence-electron chi connectivity index (χ2n) is 4.35. The Morgan fingerprint density at radius 3 is 2.67 bits per heavy atom. The molecule has 1 aliphatic carbocycles. The predicted molar refractivity (Wildman–Crippen MR) is 60.2 cm³/mol. The molecule has 1 N–H and O–H groups in total. The first-order chi connectivity index (χ1) is 8.28. The van der Waals surface area contributed by atoms with Crippen LogP contribution in [0.2, 0.25) is 0 Å². The van der Waals surface area contributed by atoms with E-state index in [1.165, 1.54) is 0 Å². The van der Waals surface area contributed by atoms with Gasteiger partial charge in [0.1, 0.15) is 11.6 Å². The van der Waals surface area contributed by atoms with Gasteiger partial charge in [-0.05, 0) is 36.1 Å². The monoisotopic (exact) mass is 275 g/mol. The molecule has 2 atom stereocenters. The maximum Gasteiger partial charge on any atom is 0.237 e. The van der Waals surface area contributed by atoms with E-state index in [1.807, 2.05) is 4.72 Å². The van der Waals surface area contributed by atoms with E-state index in [0.717, 1.165) is 24.5 Å². The zero-order chi connectivity index (χ0) is 13.5. The highest BCUT2D eigenvalue weighted by Gasteiger charge is 2.46. The SMILES string of the molecule is CS(=O)(=O)NC(=O)[C@H]1C[C@H]1c1cc(F)ccc1F. The van der Waals surface area contributed by atoms with Crippen molar-refractivity contribution in [1.29, 1.82) is 0 Å². The molecule has 0 spiro atoms. The molecule has 98 valence electrons. The second kappa shape index (κ2) is 4.31. The third-order valence-corrected chi connectivity index (χ3v) is 3.34. The van der Waals surface area contributed by atoms with Gasteiger partial charge in [0.2, 0.25) is 15.9 Å². The average molecular weight is 275 g/mol. The van der Waals surface area contributed by atoms with Crippen LogP contribution in [0, 0.1) is 17.6 Å². The molecule has 0 aromatic heterocycles. The lowest BCUT2D eigenvalue weighted by molar-refractivity contribution is -0.120. The number of carbonyl (C=O) groups excluding carboxylic acids is 1. The van der Waals surface area contributed by atoms with Crippen LogP contribution >= 0.6 is 0 Å². The third kappa shape index (κ3) is 2.84. The maximum atomic E-state index is 13.4.